The second kappa shape index (κ2) is 10.3. The van der Waals surface area contributed by atoms with E-state index in [4.69, 9.17) is 4.98 Å². The molecule has 0 atom stereocenters. The molecular formula is C28H31N3O. The summed E-state index contributed by atoms with van der Waals surface area (Å²) in [5, 5.41) is 0. The molecule has 4 rings (SSSR count). The van der Waals surface area contributed by atoms with E-state index in [0.29, 0.717) is 13.0 Å². The van der Waals surface area contributed by atoms with E-state index in [9.17, 15) is 4.79 Å². The van der Waals surface area contributed by atoms with E-state index in [1.54, 1.807) is 0 Å². The second-order valence-corrected chi connectivity index (χ2v) is 8.22. The van der Waals surface area contributed by atoms with Gasteiger partial charge in [0.05, 0.1) is 11.0 Å². The van der Waals surface area contributed by atoms with Crippen molar-refractivity contribution in [3.05, 3.63) is 90.3 Å². The second-order valence-electron chi connectivity index (χ2n) is 8.22. The maximum Gasteiger partial charge on any atom is 0.242 e. The minimum Gasteiger partial charge on any atom is -0.341 e. The number of carbonyl (C=O) groups excluding carboxylic acids is 1. The Kier molecular flexibility index (Phi) is 7.00. The van der Waals surface area contributed by atoms with E-state index < -0.39 is 0 Å². The van der Waals surface area contributed by atoms with Gasteiger partial charge in [0.2, 0.25) is 5.91 Å². The third-order valence-electron chi connectivity index (χ3n) is 5.79. The Morgan fingerprint density at radius 1 is 0.812 bits per heavy atom. The Morgan fingerprint density at radius 2 is 1.44 bits per heavy atom. The van der Waals surface area contributed by atoms with Crippen LogP contribution < -0.4 is 0 Å². The number of imidazole rings is 1. The number of rotatable bonds is 9. The molecule has 0 unspecified atom stereocenters. The van der Waals surface area contributed by atoms with Crippen LogP contribution in [-0.2, 0) is 17.8 Å². The molecule has 4 nitrogen and oxygen atoms in total. The van der Waals surface area contributed by atoms with Gasteiger partial charge in [-0.25, -0.2) is 4.98 Å². The van der Waals surface area contributed by atoms with Crippen LogP contribution in [0.1, 0.15) is 38.1 Å². The molecule has 1 heterocycles. The van der Waals surface area contributed by atoms with Crippen molar-refractivity contribution < 1.29 is 4.79 Å². The Bertz CT molecular complexity index is 1160. The summed E-state index contributed by atoms with van der Waals surface area (Å²) in [7, 11) is 0. The summed E-state index contributed by atoms with van der Waals surface area (Å²) in [4.78, 5) is 20.0. The number of amides is 1. The molecule has 0 bridgehead atoms. The van der Waals surface area contributed by atoms with Gasteiger partial charge >= 0.3 is 0 Å². The molecule has 3 aromatic carbocycles. The molecule has 0 saturated heterocycles. The fourth-order valence-corrected chi connectivity index (χ4v) is 4.20. The minimum absolute atomic E-state index is 0.164. The van der Waals surface area contributed by atoms with Crippen molar-refractivity contribution in [2.45, 2.75) is 39.7 Å². The molecule has 0 spiro atoms. The summed E-state index contributed by atoms with van der Waals surface area (Å²) in [6.07, 6.45) is 2.63. The van der Waals surface area contributed by atoms with Gasteiger partial charge in [0.15, 0.2) is 0 Å². The number of nitrogens with zero attached hydrogens (tertiary/aromatic N) is 3. The van der Waals surface area contributed by atoms with Gasteiger partial charge in [-0.1, -0.05) is 80.6 Å². The number of para-hydroxylation sites is 2. The number of benzene rings is 3. The lowest BCUT2D eigenvalue weighted by Gasteiger charge is -2.22. The van der Waals surface area contributed by atoms with Crippen LogP contribution in [0, 0.1) is 0 Å². The standard InChI is InChI=1S/C28H31N3O/c1-3-18-30(19-4-2)28(32)21-31-26-13-9-8-12-25(26)29-27(31)20-22-14-16-24(17-15-22)23-10-6-5-7-11-23/h5-17H,3-4,18-21H2,1-2H3. The van der Waals surface area contributed by atoms with Gasteiger partial charge < -0.3 is 9.47 Å². The summed E-state index contributed by atoms with van der Waals surface area (Å²) in [5.74, 6) is 1.09. The molecule has 0 aliphatic heterocycles. The highest BCUT2D eigenvalue weighted by molar-refractivity contribution is 5.81. The fraction of sp³-hybridized carbons (Fsp3) is 0.286. The van der Waals surface area contributed by atoms with Gasteiger partial charge in [0.1, 0.15) is 12.4 Å². The number of hydrogen-bond acceptors (Lipinski definition) is 2. The predicted molar refractivity (Wildman–Crippen MR) is 132 cm³/mol. The zero-order valence-electron chi connectivity index (χ0n) is 19.0. The van der Waals surface area contributed by atoms with Gasteiger partial charge in [-0.2, -0.15) is 0 Å². The molecule has 164 valence electrons. The molecule has 4 heteroatoms. The average Bonchev–Trinajstić information content (AvgIpc) is 3.17. The van der Waals surface area contributed by atoms with Gasteiger partial charge in [0, 0.05) is 19.5 Å². The van der Waals surface area contributed by atoms with E-state index in [-0.39, 0.29) is 5.91 Å². The highest BCUT2D eigenvalue weighted by atomic mass is 16.2. The van der Waals surface area contributed by atoms with Crippen LogP contribution >= 0.6 is 0 Å². The van der Waals surface area contributed by atoms with Crippen molar-refractivity contribution in [3.8, 4) is 11.1 Å². The van der Waals surface area contributed by atoms with Crippen LogP contribution in [0.3, 0.4) is 0 Å². The highest BCUT2D eigenvalue weighted by Crippen LogP contribution is 2.22. The lowest BCUT2D eigenvalue weighted by Crippen LogP contribution is -2.35. The van der Waals surface area contributed by atoms with Crippen molar-refractivity contribution in [2.24, 2.45) is 0 Å². The fourth-order valence-electron chi connectivity index (χ4n) is 4.20. The van der Waals surface area contributed by atoms with E-state index in [1.165, 1.54) is 16.7 Å². The summed E-state index contributed by atoms with van der Waals surface area (Å²) in [6.45, 7) is 6.17. The highest BCUT2D eigenvalue weighted by Gasteiger charge is 2.18. The SMILES string of the molecule is CCCN(CCC)C(=O)Cn1c(Cc2ccc(-c3ccccc3)cc2)nc2ccccc21. The first-order valence-corrected chi connectivity index (χ1v) is 11.6. The Morgan fingerprint density at radius 3 is 2.12 bits per heavy atom. The molecule has 0 saturated carbocycles. The lowest BCUT2D eigenvalue weighted by atomic mass is 10.0. The van der Waals surface area contributed by atoms with Crippen molar-refractivity contribution in [1.29, 1.82) is 0 Å². The maximum atomic E-state index is 13.1. The first kappa shape index (κ1) is 21.8. The van der Waals surface area contributed by atoms with Gasteiger partial charge in [0.25, 0.3) is 0 Å². The van der Waals surface area contributed by atoms with Crippen LogP contribution in [0.2, 0.25) is 0 Å². The third kappa shape index (κ3) is 4.91. The quantitative estimate of drug-likeness (QED) is 0.333. The van der Waals surface area contributed by atoms with E-state index in [2.05, 4.69) is 73.0 Å². The van der Waals surface area contributed by atoms with Crippen molar-refractivity contribution in [3.63, 3.8) is 0 Å². The first-order valence-electron chi connectivity index (χ1n) is 11.6. The van der Waals surface area contributed by atoms with E-state index in [1.807, 2.05) is 29.2 Å². The number of hydrogen-bond donors (Lipinski definition) is 0. The van der Waals surface area contributed by atoms with Crippen molar-refractivity contribution in [2.75, 3.05) is 13.1 Å². The van der Waals surface area contributed by atoms with Crippen LogP contribution in [0.4, 0.5) is 0 Å². The lowest BCUT2D eigenvalue weighted by molar-refractivity contribution is -0.131. The normalized spacial score (nSPS) is 11.1. The number of carbonyl (C=O) groups is 1. The molecule has 0 radical (unpaired) electrons. The maximum absolute atomic E-state index is 13.1. The van der Waals surface area contributed by atoms with Crippen molar-refractivity contribution in [1.82, 2.24) is 14.5 Å². The zero-order chi connectivity index (χ0) is 22.3. The molecule has 0 aliphatic rings. The van der Waals surface area contributed by atoms with Crippen LogP contribution in [0.5, 0.6) is 0 Å². The van der Waals surface area contributed by atoms with E-state index >= 15 is 0 Å². The minimum atomic E-state index is 0.164. The summed E-state index contributed by atoms with van der Waals surface area (Å²) < 4.78 is 2.10. The third-order valence-corrected chi connectivity index (χ3v) is 5.79. The molecule has 4 aromatic rings. The molecule has 0 aliphatic carbocycles. The smallest absolute Gasteiger partial charge is 0.242 e. The van der Waals surface area contributed by atoms with Crippen LogP contribution in [0.15, 0.2) is 78.9 Å². The number of aromatic nitrogens is 2. The van der Waals surface area contributed by atoms with Crippen LogP contribution in [-0.4, -0.2) is 33.4 Å². The van der Waals surface area contributed by atoms with Gasteiger partial charge in [-0.3, -0.25) is 4.79 Å². The Balaban J connectivity index is 1.61. The average molecular weight is 426 g/mol. The van der Waals surface area contributed by atoms with E-state index in [0.717, 1.165) is 42.8 Å². The summed E-state index contributed by atoms with van der Waals surface area (Å²) in [5.41, 5.74) is 5.56. The number of fused-ring (bicyclic) bond motifs is 1. The zero-order valence-corrected chi connectivity index (χ0v) is 19.0. The van der Waals surface area contributed by atoms with Gasteiger partial charge in [-0.15, -0.1) is 0 Å². The topological polar surface area (TPSA) is 38.1 Å². The largest absolute Gasteiger partial charge is 0.341 e. The van der Waals surface area contributed by atoms with Crippen LogP contribution in [0.25, 0.3) is 22.2 Å². The Labute approximate surface area is 190 Å². The Hall–Kier alpha value is -3.40. The summed E-state index contributed by atoms with van der Waals surface area (Å²) >= 11 is 0. The molecule has 32 heavy (non-hydrogen) atoms. The molecular weight excluding hydrogens is 394 g/mol. The van der Waals surface area contributed by atoms with Gasteiger partial charge in [-0.05, 0) is 41.7 Å². The first-order chi connectivity index (χ1) is 15.7. The monoisotopic (exact) mass is 425 g/mol. The summed E-state index contributed by atoms with van der Waals surface area (Å²) in [6, 6.07) is 27.1. The molecule has 1 aromatic heterocycles. The molecule has 0 fully saturated rings. The predicted octanol–water partition coefficient (Wildman–Crippen LogP) is 5.94. The van der Waals surface area contributed by atoms with Crippen molar-refractivity contribution >= 4 is 16.9 Å². The molecule has 0 N–H and O–H groups in total. The molecule has 1 amide bonds.